The van der Waals surface area contributed by atoms with Crippen molar-refractivity contribution < 1.29 is 13.2 Å². The number of aryl methyl sites for hydroxylation is 1. The van der Waals surface area contributed by atoms with E-state index in [9.17, 15) is 13.2 Å². The smallest absolute Gasteiger partial charge is 0.260 e. The number of nitrogens with zero attached hydrogens (tertiary/aromatic N) is 2. The number of rotatable bonds is 1. The molecule has 5 heteroatoms. The fourth-order valence-corrected chi connectivity index (χ4v) is 2.03. The van der Waals surface area contributed by atoms with Crippen molar-refractivity contribution in [1.29, 1.82) is 0 Å². The predicted octanol–water partition coefficient (Wildman–Crippen LogP) is 2.57. The molecule has 0 N–H and O–H groups in total. The Morgan fingerprint density at radius 3 is 2.93 bits per heavy atom. The average molecular weight is 218 g/mol. The summed E-state index contributed by atoms with van der Waals surface area (Å²) in [5.74, 6) is 0.459. The van der Waals surface area contributed by atoms with Gasteiger partial charge in [0.1, 0.15) is 6.54 Å². The van der Waals surface area contributed by atoms with Crippen LogP contribution in [0.25, 0.3) is 0 Å². The maximum absolute atomic E-state index is 12.2. The molecule has 1 aromatic heterocycles. The first-order chi connectivity index (χ1) is 6.96. The lowest BCUT2D eigenvalue weighted by Crippen LogP contribution is -2.22. The Bertz CT molecular complexity index is 354. The summed E-state index contributed by atoms with van der Waals surface area (Å²) in [4.78, 5) is 0. The van der Waals surface area contributed by atoms with E-state index in [-0.39, 0.29) is 0 Å². The van der Waals surface area contributed by atoms with E-state index < -0.39 is 12.7 Å². The summed E-state index contributed by atoms with van der Waals surface area (Å²) in [5, 5.41) is 3.81. The van der Waals surface area contributed by atoms with E-state index in [0.29, 0.717) is 12.3 Å². The highest BCUT2D eigenvalue weighted by atomic mass is 19.4. The summed E-state index contributed by atoms with van der Waals surface area (Å²) in [6, 6.07) is 0. The predicted molar refractivity (Wildman–Crippen MR) is 49.5 cm³/mol. The van der Waals surface area contributed by atoms with E-state index in [1.165, 1.54) is 0 Å². The molecule has 2 nitrogen and oxygen atoms in total. The second-order valence-corrected chi connectivity index (χ2v) is 4.24. The molecule has 1 aliphatic carbocycles. The van der Waals surface area contributed by atoms with E-state index in [1.54, 1.807) is 6.20 Å². The maximum atomic E-state index is 12.2. The van der Waals surface area contributed by atoms with Gasteiger partial charge >= 0.3 is 6.18 Å². The molecule has 0 fully saturated rings. The first-order valence-corrected chi connectivity index (χ1v) is 5.06. The largest absolute Gasteiger partial charge is 0.408 e. The second-order valence-electron chi connectivity index (χ2n) is 4.24. The molecule has 1 aliphatic rings. The molecule has 1 heterocycles. The van der Waals surface area contributed by atoms with Gasteiger partial charge in [-0.2, -0.15) is 18.3 Å². The molecule has 0 saturated carbocycles. The van der Waals surface area contributed by atoms with Crippen molar-refractivity contribution in [3.8, 4) is 0 Å². The SMILES string of the molecule is CC1CCc2cnn(CC(F)(F)F)c2C1. The van der Waals surface area contributed by atoms with Crippen LogP contribution in [-0.2, 0) is 19.4 Å². The normalized spacial score (nSPS) is 21.5. The summed E-state index contributed by atoms with van der Waals surface area (Å²) in [6.45, 7) is 1.10. The first-order valence-electron chi connectivity index (χ1n) is 5.06. The highest BCUT2D eigenvalue weighted by Gasteiger charge is 2.31. The van der Waals surface area contributed by atoms with Crippen molar-refractivity contribution >= 4 is 0 Å². The minimum absolute atomic E-state index is 0.459. The highest BCUT2D eigenvalue weighted by molar-refractivity contribution is 5.21. The fraction of sp³-hybridized carbons (Fsp3) is 0.700. The average Bonchev–Trinajstić information content (AvgIpc) is 2.46. The first kappa shape index (κ1) is 10.5. The summed E-state index contributed by atoms with van der Waals surface area (Å²) >= 11 is 0. The van der Waals surface area contributed by atoms with Crippen LogP contribution in [0.2, 0.25) is 0 Å². The topological polar surface area (TPSA) is 17.8 Å². The van der Waals surface area contributed by atoms with Crippen molar-refractivity contribution in [3.63, 3.8) is 0 Å². The third kappa shape index (κ3) is 2.33. The van der Waals surface area contributed by atoms with Gasteiger partial charge in [-0.25, -0.2) is 0 Å². The fourth-order valence-electron chi connectivity index (χ4n) is 2.03. The molecule has 84 valence electrons. The number of hydrogen-bond donors (Lipinski definition) is 0. The number of hydrogen-bond acceptors (Lipinski definition) is 1. The molecule has 1 aromatic rings. The van der Waals surface area contributed by atoms with Crippen LogP contribution in [0, 0.1) is 5.92 Å². The minimum atomic E-state index is -4.18. The summed E-state index contributed by atoms with van der Waals surface area (Å²) < 4.78 is 37.8. The van der Waals surface area contributed by atoms with Crippen LogP contribution in [0.15, 0.2) is 6.20 Å². The molecule has 0 saturated heterocycles. The standard InChI is InChI=1S/C10H13F3N2/c1-7-2-3-8-5-14-15(9(8)4-7)6-10(11,12)13/h5,7H,2-4,6H2,1H3. The lowest BCUT2D eigenvalue weighted by atomic mass is 9.89. The van der Waals surface area contributed by atoms with E-state index >= 15 is 0 Å². The van der Waals surface area contributed by atoms with Gasteiger partial charge in [-0.3, -0.25) is 4.68 Å². The number of alkyl halides is 3. The van der Waals surface area contributed by atoms with Gasteiger partial charge < -0.3 is 0 Å². The van der Waals surface area contributed by atoms with Gasteiger partial charge in [0.25, 0.3) is 0 Å². The molecular formula is C10H13F3N2. The second kappa shape index (κ2) is 3.54. The van der Waals surface area contributed by atoms with Crippen LogP contribution in [0.4, 0.5) is 13.2 Å². The van der Waals surface area contributed by atoms with Crippen LogP contribution in [0.3, 0.4) is 0 Å². The van der Waals surface area contributed by atoms with Crippen LogP contribution >= 0.6 is 0 Å². The van der Waals surface area contributed by atoms with Gasteiger partial charge in [-0.05, 0) is 30.7 Å². The van der Waals surface area contributed by atoms with E-state index in [4.69, 9.17) is 0 Å². The molecule has 15 heavy (non-hydrogen) atoms. The molecule has 0 bridgehead atoms. The zero-order valence-electron chi connectivity index (χ0n) is 8.51. The third-order valence-electron chi connectivity index (χ3n) is 2.81. The lowest BCUT2D eigenvalue weighted by Gasteiger charge is -2.20. The van der Waals surface area contributed by atoms with Crippen LogP contribution in [0.5, 0.6) is 0 Å². The molecule has 0 aliphatic heterocycles. The van der Waals surface area contributed by atoms with E-state index in [2.05, 4.69) is 12.0 Å². The molecular weight excluding hydrogens is 205 g/mol. The molecule has 1 unspecified atom stereocenters. The van der Waals surface area contributed by atoms with Crippen molar-refractivity contribution in [1.82, 2.24) is 9.78 Å². The van der Waals surface area contributed by atoms with Gasteiger partial charge in [-0.15, -0.1) is 0 Å². The van der Waals surface area contributed by atoms with Gasteiger partial charge in [0, 0.05) is 5.69 Å². The van der Waals surface area contributed by atoms with Gasteiger partial charge in [0.05, 0.1) is 6.20 Å². The van der Waals surface area contributed by atoms with Crippen LogP contribution in [-0.4, -0.2) is 16.0 Å². The summed E-state index contributed by atoms with van der Waals surface area (Å²) in [5.41, 5.74) is 1.75. The lowest BCUT2D eigenvalue weighted by molar-refractivity contribution is -0.143. The molecule has 0 spiro atoms. The van der Waals surface area contributed by atoms with Gasteiger partial charge in [-0.1, -0.05) is 6.92 Å². The maximum Gasteiger partial charge on any atom is 0.408 e. The highest BCUT2D eigenvalue weighted by Crippen LogP contribution is 2.27. The molecule has 2 rings (SSSR count). The zero-order valence-corrected chi connectivity index (χ0v) is 8.51. The minimum Gasteiger partial charge on any atom is -0.260 e. The molecule has 0 amide bonds. The quantitative estimate of drug-likeness (QED) is 0.708. The Labute approximate surface area is 86.1 Å². The monoisotopic (exact) mass is 218 g/mol. The van der Waals surface area contributed by atoms with E-state index in [0.717, 1.165) is 28.8 Å². The van der Waals surface area contributed by atoms with Crippen LogP contribution < -0.4 is 0 Å². The summed E-state index contributed by atoms with van der Waals surface area (Å²) in [7, 11) is 0. The Kier molecular flexibility index (Phi) is 2.48. The zero-order chi connectivity index (χ0) is 11.1. The summed E-state index contributed by atoms with van der Waals surface area (Å²) in [6.07, 6.45) is 0.0118. The van der Waals surface area contributed by atoms with Crippen molar-refractivity contribution in [2.75, 3.05) is 0 Å². The van der Waals surface area contributed by atoms with E-state index in [1.807, 2.05) is 0 Å². The van der Waals surface area contributed by atoms with Crippen molar-refractivity contribution in [2.45, 2.75) is 38.9 Å². The number of halogens is 3. The molecule has 1 atom stereocenters. The van der Waals surface area contributed by atoms with Gasteiger partial charge in [0.15, 0.2) is 0 Å². The third-order valence-corrected chi connectivity index (χ3v) is 2.81. The molecule has 0 aromatic carbocycles. The Balaban J connectivity index is 2.23. The van der Waals surface area contributed by atoms with Crippen molar-refractivity contribution in [2.24, 2.45) is 5.92 Å². The Morgan fingerprint density at radius 2 is 2.27 bits per heavy atom. The van der Waals surface area contributed by atoms with Crippen molar-refractivity contribution in [3.05, 3.63) is 17.5 Å². The Morgan fingerprint density at radius 1 is 1.53 bits per heavy atom. The number of fused-ring (bicyclic) bond motifs is 1. The Hall–Kier alpha value is -1.00. The van der Waals surface area contributed by atoms with Gasteiger partial charge in [0.2, 0.25) is 0 Å². The van der Waals surface area contributed by atoms with Crippen LogP contribution in [0.1, 0.15) is 24.6 Å². The molecule has 0 radical (unpaired) electrons. The number of aromatic nitrogens is 2.